The van der Waals surface area contributed by atoms with E-state index in [1.165, 1.54) is 0 Å². The van der Waals surface area contributed by atoms with Crippen molar-refractivity contribution >= 4 is 17.5 Å². The summed E-state index contributed by atoms with van der Waals surface area (Å²) in [5, 5.41) is 2.91. The summed E-state index contributed by atoms with van der Waals surface area (Å²) in [5.74, 6) is 2.61. The number of benzene rings is 1. The summed E-state index contributed by atoms with van der Waals surface area (Å²) in [6.45, 7) is 1.47. The predicted molar refractivity (Wildman–Crippen MR) is 104 cm³/mol. The number of likely N-dealkylation sites (tertiary alicyclic amines) is 1. The largest absolute Gasteiger partial charge is 0.494 e. The molecular formula is C21H24N2O6. The smallest absolute Gasteiger partial charge is 0.231 e. The van der Waals surface area contributed by atoms with E-state index in [9.17, 15) is 9.59 Å². The first kappa shape index (κ1) is 19.2. The van der Waals surface area contributed by atoms with E-state index in [0.29, 0.717) is 48.2 Å². The summed E-state index contributed by atoms with van der Waals surface area (Å²) in [5.41, 5.74) is 0.563. The van der Waals surface area contributed by atoms with Gasteiger partial charge in [0.2, 0.25) is 18.6 Å². The van der Waals surface area contributed by atoms with Crippen LogP contribution >= 0.6 is 0 Å². The fourth-order valence-corrected chi connectivity index (χ4v) is 3.71. The van der Waals surface area contributed by atoms with Crippen LogP contribution < -0.4 is 19.5 Å². The lowest BCUT2D eigenvalue weighted by Gasteiger charge is -2.31. The van der Waals surface area contributed by atoms with Crippen molar-refractivity contribution < 1.29 is 28.2 Å². The molecule has 2 amide bonds. The number of ether oxygens (including phenoxy) is 3. The second-order valence-corrected chi connectivity index (χ2v) is 7.24. The Bertz CT molecular complexity index is 872. The van der Waals surface area contributed by atoms with Gasteiger partial charge in [0.15, 0.2) is 11.5 Å². The highest BCUT2D eigenvalue weighted by atomic mass is 16.7. The zero-order valence-electron chi connectivity index (χ0n) is 16.3. The van der Waals surface area contributed by atoms with Gasteiger partial charge in [0, 0.05) is 31.6 Å². The van der Waals surface area contributed by atoms with Gasteiger partial charge in [0.25, 0.3) is 0 Å². The third-order valence-electron chi connectivity index (χ3n) is 5.32. The quantitative estimate of drug-likeness (QED) is 0.802. The maximum atomic E-state index is 12.5. The van der Waals surface area contributed by atoms with Crippen LogP contribution in [0.5, 0.6) is 17.2 Å². The van der Waals surface area contributed by atoms with E-state index < -0.39 is 0 Å². The van der Waals surface area contributed by atoms with Crippen LogP contribution in [0.3, 0.4) is 0 Å². The van der Waals surface area contributed by atoms with Crippen molar-refractivity contribution in [3.8, 4) is 17.2 Å². The third-order valence-corrected chi connectivity index (χ3v) is 5.32. The lowest BCUT2D eigenvalue weighted by Crippen LogP contribution is -2.40. The molecule has 2 aliphatic rings. The first-order valence-electron chi connectivity index (χ1n) is 9.70. The molecule has 1 aromatic heterocycles. The number of furan rings is 1. The molecule has 3 heterocycles. The second-order valence-electron chi connectivity index (χ2n) is 7.24. The molecule has 0 atom stereocenters. The third kappa shape index (κ3) is 4.47. The molecule has 0 bridgehead atoms. The number of nitrogens with zero attached hydrogens (tertiary/aromatic N) is 1. The number of piperidine rings is 1. The second kappa shape index (κ2) is 8.46. The lowest BCUT2D eigenvalue weighted by atomic mass is 9.93. The average molecular weight is 400 g/mol. The number of anilines is 1. The minimum absolute atomic E-state index is 0.0629. The fourth-order valence-electron chi connectivity index (χ4n) is 3.71. The van der Waals surface area contributed by atoms with Gasteiger partial charge in [-0.05, 0) is 30.9 Å². The Morgan fingerprint density at radius 3 is 2.66 bits per heavy atom. The van der Waals surface area contributed by atoms with Gasteiger partial charge in [-0.2, -0.15) is 0 Å². The number of carbonyl (C=O) groups excluding carboxylic acids is 2. The normalized spacial score (nSPS) is 16.0. The zero-order chi connectivity index (χ0) is 20.2. The minimum Gasteiger partial charge on any atom is -0.494 e. The molecule has 1 saturated heterocycles. The van der Waals surface area contributed by atoms with Crippen LogP contribution in [0.25, 0.3) is 0 Å². The highest BCUT2D eigenvalue weighted by Gasteiger charge is 2.26. The number of fused-ring (bicyclic) bond motifs is 1. The molecule has 8 heteroatoms. The molecule has 1 N–H and O–H groups in total. The minimum atomic E-state index is -0.0810. The molecule has 154 valence electrons. The van der Waals surface area contributed by atoms with Crippen molar-refractivity contribution in [2.75, 3.05) is 32.3 Å². The SMILES string of the molecule is COc1cc2c(cc1NC(=O)CC1CCN(C(=O)Cc3ccco3)CC1)OCO2. The Balaban J connectivity index is 1.27. The Morgan fingerprint density at radius 1 is 1.21 bits per heavy atom. The first-order chi connectivity index (χ1) is 14.1. The molecule has 1 aromatic carbocycles. The number of amides is 2. The monoisotopic (exact) mass is 400 g/mol. The maximum Gasteiger partial charge on any atom is 0.231 e. The maximum absolute atomic E-state index is 12.5. The molecule has 2 aromatic rings. The van der Waals surface area contributed by atoms with Crippen LogP contribution in [0.1, 0.15) is 25.0 Å². The van der Waals surface area contributed by atoms with E-state index in [1.54, 1.807) is 37.6 Å². The van der Waals surface area contributed by atoms with Gasteiger partial charge in [0.05, 0.1) is 25.5 Å². The molecule has 29 heavy (non-hydrogen) atoms. The van der Waals surface area contributed by atoms with Crippen LogP contribution in [-0.4, -0.2) is 43.7 Å². The van der Waals surface area contributed by atoms with Gasteiger partial charge in [-0.15, -0.1) is 0 Å². The number of hydrogen-bond acceptors (Lipinski definition) is 6. The highest BCUT2D eigenvalue weighted by molar-refractivity contribution is 5.93. The molecule has 8 nitrogen and oxygen atoms in total. The number of hydrogen-bond donors (Lipinski definition) is 1. The highest BCUT2D eigenvalue weighted by Crippen LogP contribution is 2.40. The summed E-state index contributed by atoms with van der Waals surface area (Å²) >= 11 is 0. The number of carbonyl (C=O) groups is 2. The van der Waals surface area contributed by atoms with E-state index in [-0.39, 0.29) is 30.9 Å². The molecular weight excluding hydrogens is 376 g/mol. The molecule has 0 spiro atoms. The van der Waals surface area contributed by atoms with Gasteiger partial charge in [0.1, 0.15) is 11.5 Å². The van der Waals surface area contributed by atoms with Gasteiger partial charge >= 0.3 is 0 Å². The fraction of sp³-hybridized carbons (Fsp3) is 0.429. The Labute approximate surface area is 168 Å². The Hall–Kier alpha value is -3.16. The van der Waals surface area contributed by atoms with Gasteiger partial charge in [-0.1, -0.05) is 0 Å². The molecule has 0 saturated carbocycles. The summed E-state index contributed by atoms with van der Waals surface area (Å²) < 4.78 is 21.3. The number of nitrogens with one attached hydrogen (secondary N) is 1. The Morgan fingerprint density at radius 2 is 1.97 bits per heavy atom. The predicted octanol–water partition coefficient (Wildman–Crippen LogP) is 2.83. The topological polar surface area (TPSA) is 90.2 Å². The van der Waals surface area contributed by atoms with Crippen LogP contribution in [-0.2, 0) is 16.0 Å². The van der Waals surface area contributed by atoms with E-state index in [1.807, 2.05) is 4.90 Å². The van der Waals surface area contributed by atoms with E-state index in [0.717, 1.165) is 12.8 Å². The van der Waals surface area contributed by atoms with Crippen molar-refractivity contribution in [2.45, 2.75) is 25.7 Å². The van der Waals surface area contributed by atoms with Gasteiger partial charge in [-0.25, -0.2) is 0 Å². The van der Waals surface area contributed by atoms with Crippen LogP contribution in [0, 0.1) is 5.92 Å². The summed E-state index contributed by atoms with van der Waals surface area (Å²) in [6.07, 6.45) is 3.85. The van der Waals surface area contributed by atoms with E-state index >= 15 is 0 Å². The zero-order valence-corrected chi connectivity index (χ0v) is 16.3. The standard InChI is InChI=1S/C21H24N2O6/c1-26-17-12-19-18(28-13-29-19)11-16(17)22-20(24)9-14-4-6-23(7-5-14)21(25)10-15-3-2-8-27-15/h2-3,8,11-12,14H,4-7,9-10,13H2,1H3,(H,22,24). The van der Waals surface area contributed by atoms with Crippen molar-refractivity contribution in [2.24, 2.45) is 5.92 Å². The van der Waals surface area contributed by atoms with Gasteiger partial charge < -0.3 is 28.8 Å². The molecule has 1 fully saturated rings. The van der Waals surface area contributed by atoms with Crippen molar-refractivity contribution in [3.05, 3.63) is 36.3 Å². The van der Waals surface area contributed by atoms with Crippen molar-refractivity contribution in [1.82, 2.24) is 4.90 Å². The Kier molecular flexibility index (Phi) is 5.59. The van der Waals surface area contributed by atoms with Crippen LogP contribution in [0.2, 0.25) is 0 Å². The van der Waals surface area contributed by atoms with Gasteiger partial charge in [-0.3, -0.25) is 9.59 Å². The molecule has 2 aliphatic heterocycles. The summed E-state index contributed by atoms with van der Waals surface area (Å²) in [7, 11) is 1.54. The van der Waals surface area contributed by atoms with Crippen molar-refractivity contribution in [1.29, 1.82) is 0 Å². The van der Waals surface area contributed by atoms with Crippen molar-refractivity contribution in [3.63, 3.8) is 0 Å². The van der Waals surface area contributed by atoms with E-state index in [4.69, 9.17) is 18.6 Å². The van der Waals surface area contributed by atoms with E-state index in [2.05, 4.69) is 5.32 Å². The summed E-state index contributed by atoms with van der Waals surface area (Å²) in [6, 6.07) is 7.01. The number of methoxy groups -OCH3 is 1. The molecule has 0 radical (unpaired) electrons. The summed E-state index contributed by atoms with van der Waals surface area (Å²) in [4.78, 5) is 26.7. The number of rotatable bonds is 6. The molecule has 4 rings (SSSR count). The van der Waals surface area contributed by atoms with Crippen LogP contribution in [0.15, 0.2) is 34.9 Å². The van der Waals surface area contributed by atoms with Crippen LogP contribution in [0.4, 0.5) is 5.69 Å². The average Bonchev–Trinajstić information content (AvgIpc) is 3.39. The first-order valence-corrected chi connectivity index (χ1v) is 9.70. The molecule has 0 unspecified atom stereocenters. The molecule has 0 aliphatic carbocycles. The lowest BCUT2D eigenvalue weighted by molar-refractivity contribution is -0.132.